The summed E-state index contributed by atoms with van der Waals surface area (Å²) in [6, 6.07) is 17.1. The van der Waals surface area contributed by atoms with Crippen LogP contribution in [-0.4, -0.2) is 35.8 Å². The van der Waals surface area contributed by atoms with Gasteiger partial charge < -0.3 is 10.2 Å². The Labute approximate surface area is 183 Å². The molecule has 1 fully saturated rings. The molecule has 0 spiro atoms. The van der Waals surface area contributed by atoms with Crippen LogP contribution in [0, 0.1) is 5.92 Å². The van der Waals surface area contributed by atoms with E-state index in [9.17, 15) is 9.59 Å². The highest BCUT2D eigenvalue weighted by molar-refractivity contribution is 6.30. The molecule has 2 aromatic rings. The van der Waals surface area contributed by atoms with Crippen molar-refractivity contribution in [3.05, 3.63) is 76.8 Å². The summed E-state index contributed by atoms with van der Waals surface area (Å²) in [7, 11) is 0. The number of nitrogens with one attached hydrogen (secondary N) is 1. The van der Waals surface area contributed by atoms with E-state index in [1.165, 1.54) is 11.6 Å². The van der Waals surface area contributed by atoms with Gasteiger partial charge in [-0.05, 0) is 54.0 Å². The van der Waals surface area contributed by atoms with Crippen molar-refractivity contribution in [2.45, 2.75) is 38.6 Å². The summed E-state index contributed by atoms with van der Waals surface area (Å²) in [6.07, 6.45) is 5.08. The first-order valence-electron chi connectivity index (χ1n) is 10.5. The fourth-order valence-corrected chi connectivity index (χ4v) is 3.94. The Hall–Kier alpha value is -2.59. The molecule has 0 saturated carbocycles. The second-order valence-electron chi connectivity index (χ2n) is 8.13. The van der Waals surface area contributed by atoms with Crippen molar-refractivity contribution in [2.24, 2.45) is 5.92 Å². The third kappa shape index (κ3) is 5.96. The number of carbonyl (C=O) groups is 2. The Morgan fingerprint density at radius 3 is 2.27 bits per heavy atom. The Morgan fingerprint density at radius 2 is 1.67 bits per heavy atom. The van der Waals surface area contributed by atoms with E-state index < -0.39 is 6.04 Å². The number of likely N-dealkylation sites (tertiary alicyclic amines) is 1. The van der Waals surface area contributed by atoms with Gasteiger partial charge in [0.1, 0.15) is 6.04 Å². The van der Waals surface area contributed by atoms with Gasteiger partial charge in [-0.3, -0.25) is 9.59 Å². The predicted molar refractivity (Wildman–Crippen MR) is 122 cm³/mol. The van der Waals surface area contributed by atoms with Crippen molar-refractivity contribution in [2.75, 3.05) is 13.1 Å². The van der Waals surface area contributed by atoms with Crippen molar-refractivity contribution in [1.29, 1.82) is 0 Å². The lowest BCUT2D eigenvalue weighted by Gasteiger charge is -2.35. The molecular formula is C25H29ClN2O2. The van der Waals surface area contributed by atoms with E-state index in [2.05, 4.69) is 17.4 Å². The van der Waals surface area contributed by atoms with E-state index in [1.54, 1.807) is 6.08 Å². The quantitative estimate of drug-likeness (QED) is 0.670. The molecule has 1 heterocycles. The van der Waals surface area contributed by atoms with Gasteiger partial charge in [0.25, 0.3) is 0 Å². The van der Waals surface area contributed by atoms with Crippen LogP contribution in [0.25, 0.3) is 6.08 Å². The summed E-state index contributed by atoms with van der Waals surface area (Å²) >= 11 is 5.99. The fraction of sp³-hybridized carbons (Fsp3) is 0.360. The third-order valence-corrected chi connectivity index (χ3v) is 5.86. The number of hydrogen-bond acceptors (Lipinski definition) is 2. The van der Waals surface area contributed by atoms with Crippen LogP contribution in [0.1, 0.15) is 43.7 Å². The maximum absolute atomic E-state index is 13.1. The lowest BCUT2D eigenvalue weighted by Crippen LogP contribution is -2.52. The van der Waals surface area contributed by atoms with Gasteiger partial charge in [-0.1, -0.05) is 67.9 Å². The van der Waals surface area contributed by atoms with Crippen LogP contribution in [-0.2, 0) is 9.59 Å². The molecule has 0 aliphatic carbocycles. The molecule has 158 valence electrons. The van der Waals surface area contributed by atoms with Crippen LogP contribution in [0.5, 0.6) is 0 Å². The minimum absolute atomic E-state index is 0.000942. The van der Waals surface area contributed by atoms with Gasteiger partial charge in [-0.25, -0.2) is 0 Å². The average Bonchev–Trinajstić information content (AvgIpc) is 2.77. The number of rotatable bonds is 6. The summed E-state index contributed by atoms with van der Waals surface area (Å²) in [4.78, 5) is 27.4. The first kappa shape index (κ1) is 22.1. The third-order valence-electron chi connectivity index (χ3n) is 5.61. The van der Waals surface area contributed by atoms with E-state index in [1.807, 2.05) is 61.2 Å². The van der Waals surface area contributed by atoms with Gasteiger partial charge in [0.2, 0.25) is 11.8 Å². The lowest BCUT2D eigenvalue weighted by atomic mass is 9.89. The van der Waals surface area contributed by atoms with Crippen LogP contribution in [0.2, 0.25) is 5.02 Å². The summed E-state index contributed by atoms with van der Waals surface area (Å²) in [5, 5.41) is 3.64. The Balaban J connectivity index is 1.57. The van der Waals surface area contributed by atoms with Crippen molar-refractivity contribution in [3.63, 3.8) is 0 Å². The molecule has 2 aromatic carbocycles. The summed E-state index contributed by atoms with van der Waals surface area (Å²) in [5.74, 6) is 0.204. The molecule has 1 atom stereocenters. The number of benzene rings is 2. The van der Waals surface area contributed by atoms with Gasteiger partial charge in [-0.15, -0.1) is 0 Å². The normalized spacial score (nSPS) is 16.1. The van der Waals surface area contributed by atoms with Crippen molar-refractivity contribution in [1.82, 2.24) is 10.2 Å². The Morgan fingerprint density at radius 1 is 1.03 bits per heavy atom. The van der Waals surface area contributed by atoms with Crippen molar-refractivity contribution >= 4 is 29.5 Å². The second-order valence-corrected chi connectivity index (χ2v) is 8.56. The van der Waals surface area contributed by atoms with Crippen LogP contribution in [0.15, 0.2) is 60.7 Å². The molecule has 4 nitrogen and oxygen atoms in total. The van der Waals surface area contributed by atoms with Crippen LogP contribution < -0.4 is 5.32 Å². The minimum Gasteiger partial charge on any atom is -0.341 e. The first-order valence-corrected chi connectivity index (χ1v) is 10.9. The molecule has 2 amide bonds. The smallest absolute Gasteiger partial charge is 0.245 e. The zero-order chi connectivity index (χ0) is 21.5. The summed E-state index contributed by atoms with van der Waals surface area (Å²) < 4.78 is 0. The summed E-state index contributed by atoms with van der Waals surface area (Å²) in [5.41, 5.74) is 2.22. The number of halogens is 1. The van der Waals surface area contributed by atoms with Crippen molar-refractivity contribution < 1.29 is 9.59 Å². The highest BCUT2D eigenvalue weighted by Crippen LogP contribution is 2.29. The molecule has 1 N–H and O–H groups in total. The standard InChI is InChI=1S/C25H29ClN2O2/c1-18(2)24(27-23(29)13-8-19-6-4-3-5-7-19)25(30)28-16-14-21(15-17-28)20-9-11-22(26)12-10-20/h3-13,18,21,24H,14-17H2,1-2H3,(H,27,29)/b13-8+/t24-/m1/s1. The van der Waals surface area contributed by atoms with E-state index in [0.29, 0.717) is 19.0 Å². The number of nitrogens with zero attached hydrogens (tertiary/aromatic N) is 1. The second kappa shape index (κ2) is 10.4. The molecule has 5 heteroatoms. The molecule has 1 aliphatic rings. The van der Waals surface area contributed by atoms with E-state index in [0.717, 1.165) is 23.4 Å². The van der Waals surface area contributed by atoms with E-state index in [-0.39, 0.29) is 17.7 Å². The number of hydrogen-bond donors (Lipinski definition) is 1. The fourth-order valence-electron chi connectivity index (χ4n) is 3.82. The van der Waals surface area contributed by atoms with Gasteiger partial charge >= 0.3 is 0 Å². The average molecular weight is 425 g/mol. The maximum atomic E-state index is 13.1. The highest BCUT2D eigenvalue weighted by Gasteiger charge is 2.31. The van der Waals surface area contributed by atoms with Gasteiger partial charge in [0, 0.05) is 24.2 Å². The maximum Gasteiger partial charge on any atom is 0.245 e. The van der Waals surface area contributed by atoms with Crippen LogP contribution >= 0.6 is 11.6 Å². The SMILES string of the molecule is CC(C)[C@@H](NC(=O)/C=C/c1ccccc1)C(=O)N1CCC(c2ccc(Cl)cc2)CC1. The number of carbonyl (C=O) groups excluding carboxylic acids is 2. The largest absolute Gasteiger partial charge is 0.341 e. The Bertz CT molecular complexity index is 870. The monoisotopic (exact) mass is 424 g/mol. The molecule has 0 radical (unpaired) electrons. The summed E-state index contributed by atoms with van der Waals surface area (Å²) in [6.45, 7) is 5.32. The predicted octanol–water partition coefficient (Wildman–Crippen LogP) is 4.90. The molecule has 1 saturated heterocycles. The topological polar surface area (TPSA) is 49.4 Å². The van der Waals surface area contributed by atoms with Crippen molar-refractivity contribution in [3.8, 4) is 0 Å². The molecule has 0 aromatic heterocycles. The number of amides is 2. The molecule has 1 aliphatic heterocycles. The lowest BCUT2D eigenvalue weighted by molar-refractivity contribution is -0.137. The van der Waals surface area contributed by atoms with Crippen LogP contribution in [0.4, 0.5) is 0 Å². The number of piperidine rings is 1. The first-order chi connectivity index (χ1) is 14.4. The van der Waals surface area contributed by atoms with Crippen LogP contribution in [0.3, 0.4) is 0 Å². The van der Waals surface area contributed by atoms with Gasteiger partial charge in [0.05, 0.1) is 0 Å². The molecule has 30 heavy (non-hydrogen) atoms. The molecule has 3 rings (SSSR count). The Kier molecular flexibility index (Phi) is 7.69. The van der Waals surface area contributed by atoms with E-state index in [4.69, 9.17) is 11.6 Å². The van der Waals surface area contributed by atoms with Gasteiger partial charge in [-0.2, -0.15) is 0 Å². The van der Waals surface area contributed by atoms with Gasteiger partial charge in [0.15, 0.2) is 0 Å². The van der Waals surface area contributed by atoms with E-state index >= 15 is 0 Å². The highest BCUT2D eigenvalue weighted by atomic mass is 35.5. The minimum atomic E-state index is -0.523. The molecule has 0 bridgehead atoms. The molecule has 0 unspecified atom stereocenters. The molecular weight excluding hydrogens is 396 g/mol. The zero-order valence-corrected chi connectivity index (χ0v) is 18.3. The zero-order valence-electron chi connectivity index (χ0n) is 17.6.